The van der Waals surface area contributed by atoms with E-state index >= 15 is 0 Å². The van der Waals surface area contributed by atoms with Gasteiger partial charge in [0.05, 0.1) is 43.1 Å². The van der Waals surface area contributed by atoms with E-state index in [0.717, 1.165) is 12.7 Å². The van der Waals surface area contributed by atoms with Crippen LogP contribution in [0.3, 0.4) is 0 Å². The molecular weight excluding hydrogens is 516 g/mol. The summed E-state index contributed by atoms with van der Waals surface area (Å²) < 4.78 is 10.1. The van der Waals surface area contributed by atoms with E-state index in [2.05, 4.69) is 0 Å². The zero-order valence-electron chi connectivity index (χ0n) is 22.2. The third kappa shape index (κ3) is 3.31. The number of ether oxygens (including phenoxy) is 2. The maximum absolute atomic E-state index is 14.3. The quantitative estimate of drug-likeness (QED) is 0.460. The molecule has 10 heteroatoms. The van der Waals surface area contributed by atoms with Crippen LogP contribution in [0, 0.1) is 29.1 Å². The van der Waals surface area contributed by atoms with Crippen LogP contribution in [0.4, 0.5) is 10.5 Å². The molecule has 4 aliphatic rings. The van der Waals surface area contributed by atoms with Crippen molar-refractivity contribution in [2.24, 2.45) is 29.1 Å². The monoisotopic (exact) mass is 544 g/mol. The summed E-state index contributed by atoms with van der Waals surface area (Å²) in [5.74, 6) is -5.56. The fraction of sp³-hybridized carbons (Fsp3) is 0.367. The third-order valence-electron chi connectivity index (χ3n) is 9.18. The SMILES string of the molecule is COC(=O)N1C(=O)C2CC=C3C(CC4C(=O)N(c5ccccc5)C(=O)C4(C)C3c3ccc(O)c(OC)c3)C2C1=O. The minimum absolute atomic E-state index is 0.0805. The molecular formula is C30H28N2O8. The van der Waals surface area contributed by atoms with E-state index in [1.807, 2.05) is 6.08 Å². The Labute approximate surface area is 230 Å². The Balaban J connectivity index is 1.53. The van der Waals surface area contributed by atoms with Crippen molar-refractivity contribution in [1.82, 2.24) is 4.90 Å². The summed E-state index contributed by atoms with van der Waals surface area (Å²) in [7, 11) is 2.53. The number of methoxy groups -OCH3 is 2. The summed E-state index contributed by atoms with van der Waals surface area (Å²) in [4.78, 5) is 69.1. The number of imide groups is 4. The van der Waals surface area contributed by atoms with E-state index < -0.39 is 52.9 Å². The molecule has 1 N–H and O–H groups in total. The molecule has 6 rings (SSSR count). The molecule has 0 aromatic heterocycles. The number of phenolic OH excluding ortho intramolecular Hbond substituents is 1. The number of hydrogen-bond acceptors (Lipinski definition) is 8. The normalized spacial score (nSPS) is 31.0. The Morgan fingerprint density at radius 1 is 0.975 bits per heavy atom. The molecule has 0 radical (unpaired) electrons. The van der Waals surface area contributed by atoms with Gasteiger partial charge in [0, 0.05) is 5.92 Å². The van der Waals surface area contributed by atoms with Crippen molar-refractivity contribution in [3.8, 4) is 11.5 Å². The summed E-state index contributed by atoms with van der Waals surface area (Å²) in [6.45, 7) is 1.77. The van der Waals surface area contributed by atoms with Crippen molar-refractivity contribution in [3.63, 3.8) is 0 Å². The number of phenols is 1. The van der Waals surface area contributed by atoms with Gasteiger partial charge in [0.2, 0.25) is 23.6 Å². The highest BCUT2D eigenvalue weighted by molar-refractivity contribution is 6.24. The largest absolute Gasteiger partial charge is 0.504 e. The Hall–Kier alpha value is -4.47. The van der Waals surface area contributed by atoms with Gasteiger partial charge < -0.3 is 14.6 Å². The van der Waals surface area contributed by atoms with E-state index in [1.165, 1.54) is 18.1 Å². The van der Waals surface area contributed by atoms with Gasteiger partial charge >= 0.3 is 6.09 Å². The predicted molar refractivity (Wildman–Crippen MR) is 140 cm³/mol. The number of amides is 5. The fourth-order valence-corrected chi connectivity index (χ4v) is 7.36. The molecule has 2 heterocycles. The first-order valence-corrected chi connectivity index (χ1v) is 13.1. The van der Waals surface area contributed by atoms with E-state index in [4.69, 9.17) is 9.47 Å². The maximum atomic E-state index is 14.3. The van der Waals surface area contributed by atoms with Gasteiger partial charge in [-0.25, -0.2) is 9.69 Å². The second-order valence-electron chi connectivity index (χ2n) is 10.9. The number of fused-ring (bicyclic) bond motifs is 4. The van der Waals surface area contributed by atoms with Crippen molar-refractivity contribution in [2.45, 2.75) is 25.7 Å². The van der Waals surface area contributed by atoms with Crippen molar-refractivity contribution >= 4 is 35.4 Å². The van der Waals surface area contributed by atoms with Crippen molar-refractivity contribution < 1.29 is 38.6 Å². The Morgan fingerprint density at radius 2 is 1.70 bits per heavy atom. The van der Waals surface area contributed by atoms with Crippen LogP contribution in [0.5, 0.6) is 11.5 Å². The molecule has 6 unspecified atom stereocenters. The fourth-order valence-electron chi connectivity index (χ4n) is 7.36. The third-order valence-corrected chi connectivity index (χ3v) is 9.18. The molecule has 3 fully saturated rings. The molecule has 5 amide bonds. The minimum Gasteiger partial charge on any atom is -0.504 e. The standard InChI is InChI=1S/C30H28N2O8/c1-30-20(26(35)31(28(30)37)16-7-5-4-6-8-16)14-19-17(24(30)15-9-12-21(33)22(13-15)39-2)10-11-18-23(19)27(36)32(25(18)34)29(38)40-3/h4-10,12-13,18-20,23-24,33H,11,14H2,1-3H3. The van der Waals surface area contributed by atoms with Gasteiger partial charge in [-0.3, -0.25) is 19.2 Å². The summed E-state index contributed by atoms with van der Waals surface area (Å²) in [5, 5.41) is 10.3. The van der Waals surface area contributed by atoms with E-state index in [9.17, 15) is 29.1 Å². The molecule has 6 atom stereocenters. The number of allylic oxidation sites excluding steroid dienone is 2. The Kier molecular flexibility index (Phi) is 5.83. The molecule has 2 saturated heterocycles. The van der Waals surface area contributed by atoms with Gasteiger partial charge in [-0.15, -0.1) is 0 Å². The average molecular weight is 545 g/mol. The molecule has 2 aliphatic carbocycles. The van der Waals surface area contributed by atoms with Crippen LogP contribution in [0.2, 0.25) is 0 Å². The van der Waals surface area contributed by atoms with Crippen molar-refractivity contribution in [2.75, 3.05) is 19.1 Å². The van der Waals surface area contributed by atoms with E-state index in [-0.39, 0.29) is 36.2 Å². The number of rotatable bonds is 3. The molecule has 10 nitrogen and oxygen atoms in total. The highest BCUT2D eigenvalue weighted by Crippen LogP contribution is 2.63. The first kappa shape index (κ1) is 25.8. The van der Waals surface area contributed by atoms with Gasteiger partial charge in [-0.1, -0.05) is 35.9 Å². The molecule has 206 valence electrons. The van der Waals surface area contributed by atoms with Crippen LogP contribution >= 0.6 is 0 Å². The number of anilines is 1. The van der Waals surface area contributed by atoms with Gasteiger partial charge in [-0.05, 0) is 55.5 Å². The second-order valence-corrected chi connectivity index (χ2v) is 10.9. The number of likely N-dealkylation sites (tertiary alicyclic amines) is 1. The zero-order chi connectivity index (χ0) is 28.5. The van der Waals surface area contributed by atoms with Gasteiger partial charge in [0.1, 0.15) is 0 Å². The maximum Gasteiger partial charge on any atom is 0.423 e. The summed E-state index contributed by atoms with van der Waals surface area (Å²) >= 11 is 0. The lowest BCUT2D eigenvalue weighted by molar-refractivity contribution is -0.138. The number of para-hydroxylation sites is 1. The first-order valence-electron chi connectivity index (χ1n) is 13.1. The molecule has 0 bridgehead atoms. The number of carbonyl (C=O) groups is 5. The average Bonchev–Trinajstić information content (AvgIpc) is 3.33. The smallest absolute Gasteiger partial charge is 0.423 e. The minimum atomic E-state index is -1.22. The zero-order valence-corrected chi connectivity index (χ0v) is 22.2. The highest BCUT2D eigenvalue weighted by atomic mass is 16.5. The molecule has 40 heavy (non-hydrogen) atoms. The topological polar surface area (TPSA) is 131 Å². The van der Waals surface area contributed by atoms with Crippen LogP contribution in [0.1, 0.15) is 31.2 Å². The molecule has 2 aromatic rings. The van der Waals surface area contributed by atoms with Crippen LogP contribution in [0.25, 0.3) is 0 Å². The lowest BCUT2D eigenvalue weighted by Crippen LogP contribution is -2.49. The summed E-state index contributed by atoms with van der Waals surface area (Å²) in [5.41, 5.74) is 0.623. The molecule has 2 aromatic carbocycles. The number of nitrogens with zero attached hydrogens (tertiary/aromatic N) is 2. The summed E-state index contributed by atoms with van der Waals surface area (Å²) in [6.07, 6.45) is 1.21. The first-order chi connectivity index (χ1) is 19.1. The van der Waals surface area contributed by atoms with Gasteiger partial charge in [0.15, 0.2) is 11.5 Å². The Morgan fingerprint density at radius 3 is 2.38 bits per heavy atom. The molecule has 0 spiro atoms. The lowest BCUT2D eigenvalue weighted by Gasteiger charge is -2.49. The number of carbonyl (C=O) groups excluding carboxylic acids is 5. The molecule has 2 aliphatic heterocycles. The van der Waals surface area contributed by atoms with E-state index in [1.54, 1.807) is 49.4 Å². The van der Waals surface area contributed by atoms with Crippen LogP contribution < -0.4 is 9.64 Å². The predicted octanol–water partition coefficient (Wildman–Crippen LogP) is 3.40. The number of benzene rings is 2. The summed E-state index contributed by atoms with van der Waals surface area (Å²) in [6, 6.07) is 13.5. The van der Waals surface area contributed by atoms with Crippen molar-refractivity contribution in [3.05, 3.63) is 65.7 Å². The molecule has 1 saturated carbocycles. The van der Waals surface area contributed by atoms with Gasteiger partial charge in [-0.2, -0.15) is 4.90 Å². The van der Waals surface area contributed by atoms with E-state index in [0.29, 0.717) is 16.2 Å². The number of aromatic hydroxyl groups is 1. The van der Waals surface area contributed by atoms with Crippen LogP contribution in [0.15, 0.2) is 60.2 Å². The Bertz CT molecular complexity index is 1500. The highest BCUT2D eigenvalue weighted by Gasteiger charge is 2.68. The van der Waals surface area contributed by atoms with Crippen LogP contribution in [-0.4, -0.2) is 53.9 Å². The second kappa shape index (κ2) is 9.04. The number of hydrogen-bond donors (Lipinski definition) is 1. The van der Waals surface area contributed by atoms with Crippen molar-refractivity contribution in [1.29, 1.82) is 0 Å². The van der Waals surface area contributed by atoms with Gasteiger partial charge in [0.25, 0.3) is 0 Å². The van der Waals surface area contributed by atoms with Crippen LogP contribution in [-0.2, 0) is 23.9 Å². The lowest BCUT2D eigenvalue weighted by atomic mass is 9.51.